The first kappa shape index (κ1) is 40.3. The number of unbranched alkanes of at least 4 members (excludes halogenated alkanes) is 2. The maximum atomic E-state index is 14.6. The number of benzene rings is 3. The van der Waals surface area contributed by atoms with Crippen LogP contribution in [0.25, 0.3) is 11.1 Å². The molecule has 0 saturated carbocycles. The van der Waals surface area contributed by atoms with Gasteiger partial charge < -0.3 is 9.29 Å². The summed E-state index contributed by atoms with van der Waals surface area (Å²) in [6, 6.07) is 12.7. The third kappa shape index (κ3) is 7.30. The maximum absolute atomic E-state index is 14.6. The minimum atomic E-state index is -7.31. The summed E-state index contributed by atoms with van der Waals surface area (Å²) < 4.78 is 192. The van der Waals surface area contributed by atoms with Gasteiger partial charge in [-0.3, -0.25) is 0 Å². The van der Waals surface area contributed by atoms with Gasteiger partial charge in [0.1, 0.15) is 5.75 Å². The Balaban J connectivity index is 1.36. The summed E-state index contributed by atoms with van der Waals surface area (Å²) in [7, 11) is -7.31. The lowest BCUT2D eigenvalue weighted by Gasteiger charge is -2.34. The molecule has 0 saturated heterocycles. The third-order valence-corrected chi connectivity index (χ3v) is 10.0. The molecule has 1 aliphatic rings. The summed E-state index contributed by atoms with van der Waals surface area (Å²) in [5, 5.41) is -6.81. The average Bonchev–Trinajstić information content (AvgIpc) is 3.22. The minimum Gasteiger partial charge on any atom is -0.743 e. The van der Waals surface area contributed by atoms with Gasteiger partial charge in [-0.1, -0.05) is 68.7 Å². The van der Waals surface area contributed by atoms with Crippen molar-refractivity contribution in [1.29, 1.82) is 0 Å². The number of ether oxygens (including phenoxy) is 2. The number of rotatable bonds is 14. The molecule has 0 aliphatic heterocycles. The summed E-state index contributed by atoms with van der Waals surface area (Å²) >= 11 is 0. The highest BCUT2D eigenvalue weighted by Crippen LogP contribution is 2.53. The molecule has 4 rings (SSSR count). The zero-order chi connectivity index (χ0) is 38.6. The van der Waals surface area contributed by atoms with Crippen molar-refractivity contribution >= 4 is 10.1 Å². The molecule has 1 aliphatic carbocycles. The van der Waals surface area contributed by atoms with Gasteiger partial charge in [-0.15, -0.1) is 0 Å². The van der Waals surface area contributed by atoms with Crippen molar-refractivity contribution < 1.29 is 70.7 Å². The SMILES string of the molecule is Cc1ccc2c(c1)C(C)(C)c1cc(C(C)(CCCCCOc3ccc(C(F)(F)C(F)(F)OC(F)(F)C(F)(F)S(=O)(=O)[O-])cc3)C(F)(F)F)ccc1-2. The summed E-state index contributed by atoms with van der Waals surface area (Å²) in [6.07, 6.45) is -17.6. The molecular weight excluding hydrogens is 729 g/mol. The molecule has 0 bridgehead atoms. The van der Waals surface area contributed by atoms with E-state index in [1.165, 1.54) is 6.07 Å². The van der Waals surface area contributed by atoms with Gasteiger partial charge in [0, 0.05) is 11.0 Å². The molecule has 0 radical (unpaired) electrons. The lowest BCUT2D eigenvalue weighted by Crippen LogP contribution is -2.55. The zero-order valence-electron chi connectivity index (χ0n) is 27.4. The Hall–Kier alpha value is -3.44. The molecule has 1 atom stereocenters. The van der Waals surface area contributed by atoms with Crippen molar-refractivity contribution in [1.82, 2.24) is 0 Å². The number of hydrogen-bond acceptors (Lipinski definition) is 5. The fourth-order valence-corrected chi connectivity index (χ4v) is 6.28. The van der Waals surface area contributed by atoms with E-state index in [2.05, 4.69) is 4.74 Å². The largest absolute Gasteiger partial charge is 0.743 e. The van der Waals surface area contributed by atoms with Crippen molar-refractivity contribution in [2.24, 2.45) is 0 Å². The van der Waals surface area contributed by atoms with Gasteiger partial charge in [0.15, 0.2) is 10.1 Å². The van der Waals surface area contributed by atoms with Crippen LogP contribution in [0.1, 0.15) is 74.3 Å². The van der Waals surface area contributed by atoms with Gasteiger partial charge >= 0.3 is 29.6 Å². The van der Waals surface area contributed by atoms with Gasteiger partial charge in [0.05, 0.1) is 12.0 Å². The van der Waals surface area contributed by atoms with Gasteiger partial charge in [0.2, 0.25) is 0 Å². The number of aryl methyl sites for hydroxylation is 1. The van der Waals surface area contributed by atoms with Crippen LogP contribution >= 0.6 is 0 Å². The van der Waals surface area contributed by atoms with Crippen molar-refractivity contribution in [2.45, 2.75) is 93.8 Å². The molecule has 3 aromatic carbocycles. The van der Waals surface area contributed by atoms with Crippen LogP contribution in [0.15, 0.2) is 60.7 Å². The lowest BCUT2D eigenvalue weighted by atomic mass is 9.74. The van der Waals surface area contributed by atoms with Crippen LogP contribution in [0, 0.1) is 6.92 Å². The van der Waals surface area contributed by atoms with Crippen molar-refractivity contribution in [2.75, 3.05) is 6.61 Å². The molecule has 0 fully saturated rings. The highest BCUT2D eigenvalue weighted by molar-refractivity contribution is 7.86. The Kier molecular flexibility index (Phi) is 10.4. The van der Waals surface area contributed by atoms with Crippen LogP contribution in [0.3, 0.4) is 0 Å². The molecule has 0 N–H and O–H groups in total. The number of alkyl halides is 11. The molecule has 51 heavy (non-hydrogen) atoms. The molecule has 0 spiro atoms. The molecule has 3 aromatic rings. The van der Waals surface area contributed by atoms with Crippen molar-refractivity contribution in [3.05, 3.63) is 88.5 Å². The Morgan fingerprint density at radius 3 is 1.78 bits per heavy atom. The van der Waals surface area contributed by atoms with Crippen LogP contribution in [-0.2, 0) is 31.6 Å². The van der Waals surface area contributed by atoms with E-state index in [9.17, 15) is 61.3 Å². The maximum Gasteiger partial charge on any atom is 0.438 e. The Bertz CT molecular complexity index is 1860. The van der Waals surface area contributed by atoms with Crippen molar-refractivity contribution in [3.63, 3.8) is 0 Å². The van der Waals surface area contributed by atoms with Crippen LogP contribution in [0.2, 0.25) is 0 Å². The van der Waals surface area contributed by atoms with Gasteiger partial charge in [-0.05, 0) is 78.8 Å². The first-order valence-electron chi connectivity index (χ1n) is 15.3. The van der Waals surface area contributed by atoms with E-state index in [0.717, 1.165) is 34.7 Å². The van der Waals surface area contributed by atoms with E-state index in [1.807, 2.05) is 39.0 Å². The predicted octanol–water partition coefficient (Wildman–Crippen LogP) is 10.2. The van der Waals surface area contributed by atoms with Crippen LogP contribution in [-0.4, -0.2) is 43.2 Å². The Morgan fingerprint density at radius 1 is 0.706 bits per heavy atom. The second kappa shape index (κ2) is 13.2. The highest BCUT2D eigenvalue weighted by atomic mass is 32.2. The molecular formula is C34H32F11O5S-. The van der Waals surface area contributed by atoms with E-state index in [4.69, 9.17) is 4.74 Å². The first-order valence-corrected chi connectivity index (χ1v) is 16.7. The Labute approximate surface area is 286 Å². The molecule has 5 nitrogen and oxygen atoms in total. The number of fused-ring (bicyclic) bond motifs is 3. The van der Waals surface area contributed by atoms with E-state index >= 15 is 0 Å². The summed E-state index contributed by atoms with van der Waals surface area (Å²) in [5.41, 5.74) is 0.369. The van der Waals surface area contributed by atoms with Gasteiger partial charge in [-0.25, -0.2) is 13.2 Å². The molecule has 1 unspecified atom stereocenters. The van der Waals surface area contributed by atoms with Gasteiger partial charge in [0.25, 0.3) is 0 Å². The summed E-state index contributed by atoms with van der Waals surface area (Å²) in [6.45, 7) is 6.87. The topological polar surface area (TPSA) is 75.7 Å². The average molecular weight is 762 g/mol. The fourth-order valence-electron chi connectivity index (χ4n) is 5.95. The van der Waals surface area contributed by atoms with Crippen molar-refractivity contribution in [3.8, 4) is 16.9 Å². The first-order chi connectivity index (χ1) is 23.1. The fraction of sp³-hybridized carbons (Fsp3) is 0.471. The number of hydrogen-bond donors (Lipinski definition) is 0. The minimum absolute atomic E-state index is 0.108. The van der Waals surface area contributed by atoms with Crippen LogP contribution < -0.4 is 4.74 Å². The monoisotopic (exact) mass is 761 g/mol. The molecule has 17 heteroatoms. The predicted molar refractivity (Wildman–Crippen MR) is 162 cm³/mol. The summed E-state index contributed by atoms with van der Waals surface area (Å²) in [5.74, 6) is -5.94. The van der Waals surface area contributed by atoms with Crippen LogP contribution in [0.4, 0.5) is 48.3 Å². The second-order valence-corrected chi connectivity index (χ2v) is 14.5. The zero-order valence-corrected chi connectivity index (χ0v) is 28.2. The van der Waals surface area contributed by atoms with E-state index in [-0.39, 0.29) is 55.7 Å². The van der Waals surface area contributed by atoms with Crippen LogP contribution in [0.5, 0.6) is 5.75 Å². The molecule has 0 amide bonds. The molecule has 282 valence electrons. The Morgan fingerprint density at radius 2 is 1.24 bits per heavy atom. The van der Waals surface area contributed by atoms with E-state index < -0.39 is 56.1 Å². The standard InChI is InChI=1S/C34H33F11O5S/c1-20-8-14-24-25-15-11-22(19-27(25)28(2,3)26(24)18-20)29(4,31(37,38)39)16-6-5-7-17-49-23-12-9-21(10-13-23)30(35,36)32(40,41)50-33(42,43)34(44,45)51(46,47)48/h8-15,18-19H,5-7,16-17H2,1-4H3,(H,46,47,48)/p-1. The number of halogens is 11. The van der Waals surface area contributed by atoms with E-state index in [0.29, 0.717) is 12.1 Å². The highest BCUT2D eigenvalue weighted by Gasteiger charge is 2.72. The smallest absolute Gasteiger partial charge is 0.438 e. The second-order valence-electron chi connectivity index (χ2n) is 13.1. The third-order valence-electron chi connectivity index (χ3n) is 9.18. The molecule has 0 heterocycles. The quantitative estimate of drug-likeness (QED) is 0.0929. The van der Waals surface area contributed by atoms with E-state index in [1.54, 1.807) is 12.1 Å². The summed E-state index contributed by atoms with van der Waals surface area (Å²) in [4.78, 5) is 0. The lowest BCUT2D eigenvalue weighted by molar-refractivity contribution is -0.459. The normalized spacial score (nSPS) is 16.4. The molecule has 0 aromatic heterocycles. The van der Waals surface area contributed by atoms with Gasteiger partial charge in [-0.2, -0.15) is 48.3 Å².